The Bertz CT molecular complexity index is 616. The number of amides is 1. The van der Waals surface area contributed by atoms with Crippen molar-refractivity contribution in [2.24, 2.45) is 5.73 Å². The Morgan fingerprint density at radius 3 is 2.61 bits per heavy atom. The summed E-state index contributed by atoms with van der Waals surface area (Å²) in [6.45, 7) is 4.83. The monoisotopic (exact) mass is 435 g/mol. The Morgan fingerprint density at radius 2 is 2.11 bits per heavy atom. The molecule has 0 aliphatic carbocycles. The lowest BCUT2D eigenvalue weighted by Gasteiger charge is -2.23. The predicted molar refractivity (Wildman–Crippen MR) is 112 cm³/mol. The number of carbonyl (C=O) groups excluding carboxylic acids is 2. The molecule has 1 amide bonds. The second kappa shape index (κ2) is 12.8. The normalized spacial score (nSPS) is 19.4. The van der Waals surface area contributed by atoms with Crippen LogP contribution in [-0.4, -0.2) is 54.1 Å². The molecule has 0 bridgehead atoms. The molecule has 0 aromatic carbocycles. The molecule has 3 atom stereocenters. The number of methoxy groups -OCH3 is 1. The number of pyridine rings is 1. The first-order valence-electron chi connectivity index (χ1n) is 9.17. The molecule has 2 N–H and O–H groups in total. The minimum absolute atomic E-state index is 0. The number of aromatic nitrogens is 1. The minimum Gasteiger partial charge on any atom is -0.481 e. The summed E-state index contributed by atoms with van der Waals surface area (Å²) >= 11 is 0. The molecule has 160 valence electrons. The first kappa shape index (κ1) is 26.4. The van der Waals surface area contributed by atoms with E-state index in [4.69, 9.17) is 15.2 Å². The van der Waals surface area contributed by atoms with Gasteiger partial charge < -0.3 is 20.1 Å². The number of ether oxygens (including phenoxy) is 2. The zero-order valence-corrected chi connectivity index (χ0v) is 18.3. The highest BCUT2D eigenvalue weighted by molar-refractivity contribution is 5.85. The predicted octanol–water partition coefficient (Wildman–Crippen LogP) is 2.70. The average Bonchev–Trinajstić information content (AvgIpc) is 2.87. The van der Waals surface area contributed by atoms with Crippen LogP contribution in [0.4, 0.5) is 0 Å². The zero-order chi connectivity index (χ0) is 19.1. The maximum absolute atomic E-state index is 12.1. The summed E-state index contributed by atoms with van der Waals surface area (Å²) in [6.07, 6.45) is 4.29. The van der Waals surface area contributed by atoms with Gasteiger partial charge in [-0.15, -0.1) is 24.8 Å². The number of hydrogen-bond acceptors (Lipinski definition) is 6. The maximum atomic E-state index is 12.1. The molecule has 2 heterocycles. The molecule has 1 aromatic heterocycles. The molecule has 7 nitrogen and oxygen atoms in total. The van der Waals surface area contributed by atoms with Gasteiger partial charge in [0.05, 0.1) is 26.2 Å². The Morgan fingerprint density at radius 1 is 1.39 bits per heavy atom. The van der Waals surface area contributed by atoms with Crippen molar-refractivity contribution >= 4 is 36.7 Å². The van der Waals surface area contributed by atoms with E-state index in [1.807, 2.05) is 17.9 Å². The first-order chi connectivity index (χ1) is 12.5. The van der Waals surface area contributed by atoms with E-state index in [0.717, 1.165) is 18.4 Å². The second-order valence-electron chi connectivity index (χ2n) is 6.71. The van der Waals surface area contributed by atoms with Crippen LogP contribution in [0.5, 0.6) is 5.88 Å². The molecule has 9 heteroatoms. The topological polar surface area (TPSA) is 94.8 Å². The van der Waals surface area contributed by atoms with Gasteiger partial charge in [0.1, 0.15) is 0 Å². The summed E-state index contributed by atoms with van der Waals surface area (Å²) in [7, 11) is 1.57. The molecule has 0 radical (unpaired) electrons. The summed E-state index contributed by atoms with van der Waals surface area (Å²) in [6, 6.07) is 3.50. The van der Waals surface area contributed by atoms with E-state index in [1.165, 1.54) is 0 Å². The molecule has 1 aliphatic heterocycles. The van der Waals surface area contributed by atoms with Crippen molar-refractivity contribution in [2.45, 2.75) is 57.5 Å². The molecule has 1 aliphatic rings. The van der Waals surface area contributed by atoms with Gasteiger partial charge in [0, 0.05) is 24.8 Å². The van der Waals surface area contributed by atoms with Crippen molar-refractivity contribution in [3.63, 3.8) is 0 Å². The quantitative estimate of drug-likeness (QED) is 0.599. The maximum Gasteiger partial charge on any atom is 0.306 e. The second-order valence-corrected chi connectivity index (χ2v) is 6.71. The fourth-order valence-electron chi connectivity index (χ4n) is 3.43. The fraction of sp³-hybridized carbons (Fsp3) is 0.632. The summed E-state index contributed by atoms with van der Waals surface area (Å²) < 4.78 is 10.2. The molecular weight excluding hydrogens is 405 g/mol. The largest absolute Gasteiger partial charge is 0.481 e. The van der Waals surface area contributed by atoms with Gasteiger partial charge in [-0.3, -0.25) is 9.59 Å². The first-order valence-corrected chi connectivity index (χ1v) is 9.17. The molecule has 3 unspecified atom stereocenters. The number of carbonyl (C=O) groups is 2. The molecule has 2 rings (SSSR count). The van der Waals surface area contributed by atoms with Crippen LogP contribution in [0.3, 0.4) is 0 Å². The van der Waals surface area contributed by atoms with Gasteiger partial charge in [0.2, 0.25) is 11.8 Å². The third-order valence-corrected chi connectivity index (χ3v) is 4.84. The lowest BCUT2D eigenvalue weighted by Crippen LogP contribution is -2.36. The van der Waals surface area contributed by atoms with Crippen LogP contribution in [0, 0.1) is 0 Å². The third kappa shape index (κ3) is 7.11. The van der Waals surface area contributed by atoms with Crippen molar-refractivity contribution in [3.8, 4) is 5.88 Å². The number of nitrogens with zero attached hydrogens (tertiary/aromatic N) is 2. The van der Waals surface area contributed by atoms with Gasteiger partial charge in [-0.1, -0.05) is 6.07 Å². The van der Waals surface area contributed by atoms with Gasteiger partial charge in [-0.05, 0) is 44.6 Å². The molecule has 1 fully saturated rings. The van der Waals surface area contributed by atoms with Gasteiger partial charge in [-0.25, -0.2) is 4.98 Å². The third-order valence-electron chi connectivity index (χ3n) is 4.84. The molecule has 1 aromatic rings. The highest BCUT2D eigenvalue weighted by Gasteiger charge is 2.34. The van der Waals surface area contributed by atoms with Gasteiger partial charge in [0.15, 0.2) is 0 Å². The summed E-state index contributed by atoms with van der Waals surface area (Å²) in [4.78, 5) is 30.1. The van der Waals surface area contributed by atoms with E-state index in [9.17, 15) is 9.59 Å². The Kier molecular flexibility index (Phi) is 12.1. The summed E-state index contributed by atoms with van der Waals surface area (Å²) in [5.74, 6) is 0.328. The van der Waals surface area contributed by atoms with E-state index >= 15 is 0 Å². The van der Waals surface area contributed by atoms with E-state index in [0.29, 0.717) is 31.9 Å². The lowest BCUT2D eigenvalue weighted by atomic mass is 9.92. The van der Waals surface area contributed by atoms with Crippen LogP contribution >= 0.6 is 24.8 Å². The van der Waals surface area contributed by atoms with E-state index in [1.54, 1.807) is 26.3 Å². The van der Waals surface area contributed by atoms with E-state index in [2.05, 4.69) is 4.98 Å². The Labute approximate surface area is 179 Å². The van der Waals surface area contributed by atoms with Crippen LogP contribution in [0.1, 0.15) is 51.0 Å². The Hall–Kier alpha value is -1.57. The van der Waals surface area contributed by atoms with Gasteiger partial charge >= 0.3 is 5.97 Å². The van der Waals surface area contributed by atoms with Crippen LogP contribution < -0.4 is 10.5 Å². The summed E-state index contributed by atoms with van der Waals surface area (Å²) in [5, 5.41) is 0. The van der Waals surface area contributed by atoms with Crippen molar-refractivity contribution in [2.75, 3.05) is 20.3 Å². The number of rotatable bonds is 9. The molecule has 28 heavy (non-hydrogen) atoms. The molecule has 0 saturated carbocycles. The van der Waals surface area contributed by atoms with Crippen molar-refractivity contribution in [3.05, 3.63) is 23.9 Å². The van der Waals surface area contributed by atoms with Crippen molar-refractivity contribution in [1.29, 1.82) is 0 Å². The van der Waals surface area contributed by atoms with Crippen LogP contribution in [0.25, 0.3) is 0 Å². The average molecular weight is 436 g/mol. The SMILES string of the molecule is CCOC(=O)CC(CCCN1C(=O)C(N)CC1C)c1ccc(OC)nc1.Cl.Cl. The molecule has 0 spiro atoms. The number of likely N-dealkylation sites (tertiary alicyclic amines) is 1. The Balaban J connectivity index is 0.00000364. The number of halogens is 2. The van der Waals surface area contributed by atoms with E-state index < -0.39 is 0 Å². The van der Waals surface area contributed by atoms with Crippen molar-refractivity contribution < 1.29 is 19.1 Å². The standard InChI is InChI=1S/C19H29N3O4.2ClH/c1-4-26-18(23)11-14(15-7-8-17(25-3)21-12-15)6-5-9-22-13(2)10-16(20)19(22)24;;/h7-8,12-14,16H,4-6,9-11,20H2,1-3H3;2*1H. The van der Waals surface area contributed by atoms with Crippen LogP contribution in [0.2, 0.25) is 0 Å². The van der Waals surface area contributed by atoms with Crippen molar-refractivity contribution in [1.82, 2.24) is 9.88 Å². The zero-order valence-electron chi connectivity index (χ0n) is 16.6. The van der Waals surface area contributed by atoms with E-state index in [-0.39, 0.29) is 54.7 Å². The summed E-state index contributed by atoms with van der Waals surface area (Å²) in [5.41, 5.74) is 6.80. The number of nitrogens with two attached hydrogens (primary N) is 1. The molecule has 1 saturated heterocycles. The highest BCUT2D eigenvalue weighted by atomic mass is 35.5. The lowest BCUT2D eigenvalue weighted by molar-refractivity contribution is -0.143. The van der Waals surface area contributed by atoms with Gasteiger partial charge in [0.25, 0.3) is 0 Å². The highest BCUT2D eigenvalue weighted by Crippen LogP contribution is 2.27. The smallest absolute Gasteiger partial charge is 0.306 e. The minimum atomic E-state index is -0.383. The number of hydrogen-bond donors (Lipinski definition) is 1. The number of esters is 1. The molecular formula is C19H31Cl2N3O4. The fourth-order valence-corrected chi connectivity index (χ4v) is 3.43. The van der Waals surface area contributed by atoms with Crippen LogP contribution in [-0.2, 0) is 14.3 Å². The van der Waals surface area contributed by atoms with Crippen LogP contribution in [0.15, 0.2) is 18.3 Å². The van der Waals surface area contributed by atoms with Gasteiger partial charge in [-0.2, -0.15) is 0 Å².